The van der Waals surface area contributed by atoms with Crippen molar-refractivity contribution < 1.29 is 4.79 Å². The zero-order valence-corrected chi connectivity index (χ0v) is 8.25. The van der Waals surface area contributed by atoms with Crippen LogP contribution in [0.1, 0.15) is 19.8 Å². The molecule has 0 unspecified atom stereocenters. The van der Waals surface area contributed by atoms with Crippen molar-refractivity contribution in [3.8, 4) is 0 Å². The largest absolute Gasteiger partial charge is 0.356 e. The van der Waals surface area contributed by atoms with Gasteiger partial charge in [-0.3, -0.25) is 4.79 Å². The third kappa shape index (κ3) is 3.41. The summed E-state index contributed by atoms with van der Waals surface area (Å²) in [6, 6.07) is 0. The normalized spacial score (nSPS) is 16.1. The Morgan fingerprint density at radius 3 is 2.67 bits per heavy atom. The van der Waals surface area contributed by atoms with Crippen LogP contribution in [0.25, 0.3) is 0 Å². The molecule has 1 aliphatic rings. The van der Waals surface area contributed by atoms with Gasteiger partial charge in [-0.1, -0.05) is 13.3 Å². The minimum Gasteiger partial charge on any atom is -0.356 e. The quantitative estimate of drug-likeness (QED) is 0.639. The zero-order valence-electron chi connectivity index (χ0n) is 7.43. The lowest BCUT2D eigenvalue weighted by molar-refractivity contribution is -0.126. The summed E-state index contributed by atoms with van der Waals surface area (Å²) in [5.74, 6) is 0.462. The van der Waals surface area contributed by atoms with Crippen LogP contribution in [0.3, 0.4) is 0 Å². The number of carbonyl (C=O) groups is 1. The first kappa shape index (κ1) is 11.7. The molecule has 1 rings (SSSR count). The van der Waals surface area contributed by atoms with Gasteiger partial charge in [0.25, 0.3) is 0 Å². The van der Waals surface area contributed by atoms with Gasteiger partial charge in [0.1, 0.15) is 0 Å². The second-order valence-corrected chi connectivity index (χ2v) is 3.00. The Morgan fingerprint density at radius 1 is 1.58 bits per heavy atom. The smallest absolute Gasteiger partial charge is 0.225 e. The average molecular weight is 193 g/mol. The van der Waals surface area contributed by atoms with E-state index in [4.69, 9.17) is 0 Å². The summed E-state index contributed by atoms with van der Waals surface area (Å²) in [6.45, 7) is 4.68. The first-order valence-corrected chi connectivity index (χ1v) is 4.33. The molecule has 3 nitrogen and oxygen atoms in total. The van der Waals surface area contributed by atoms with Crippen molar-refractivity contribution in [3.05, 3.63) is 0 Å². The molecule has 1 amide bonds. The van der Waals surface area contributed by atoms with E-state index in [-0.39, 0.29) is 24.2 Å². The Morgan fingerprint density at radius 2 is 2.25 bits per heavy atom. The maximum Gasteiger partial charge on any atom is 0.225 e. The van der Waals surface area contributed by atoms with Crippen molar-refractivity contribution in [1.29, 1.82) is 0 Å². The van der Waals surface area contributed by atoms with Gasteiger partial charge in [-0.2, -0.15) is 0 Å². The highest BCUT2D eigenvalue weighted by molar-refractivity contribution is 5.85. The number of amides is 1. The van der Waals surface area contributed by atoms with E-state index in [9.17, 15) is 4.79 Å². The Balaban J connectivity index is 0.00000121. The lowest BCUT2D eigenvalue weighted by Crippen LogP contribution is -2.50. The Hall–Kier alpha value is -0.280. The molecule has 0 aromatic carbocycles. The number of unbranched alkanes of at least 4 members (excludes halogenated alkanes) is 1. The van der Waals surface area contributed by atoms with Gasteiger partial charge in [0.2, 0.25) is 5.91 Å². The van der Waals surface area contributed by atoms with Crippen LogP contribution in [-0.2, 0) is 4.79 Å². The predicted molar refractivity (Wildman–Crippen MR) is 51.5 cm³/mol. The van der Waals surface area contributed by atoms with E-state index in [2.05, 4.69) is 17.6 Å². The molecule has 0 aromatic heterocycles. The van der Waals surface area contributed by atoms with Crippen molar-refractivity contribution in [2.45, 2.75) is 19.8 Å². The van der Waals surface area contributed by atoms with Gasteiger partial charge in [-0.25, -0.2) is 0 Å². The van der Waals surface area contributed by atoms with Gasteiger partial charge in [0.05, 0.1) is 5.92 Å². The van der Waals surface area contributed by atoms with Gasteiger partial charge >= 0.3 is 0 Å². The van der Waals surface area contributed by atoms with Crippen molar-refractivity contribution in [3.63, 3.8) is 0 Å². The fourth-order valence-corrected chi connectivity index (χ4v) is 1.01. The van der Waals surface area contributed by atoms with Crippen LogP contribution < -0.4 is 10.6 Å². The van der Waals surface area contributed by atoms with Crippen LogP contribution in [0.5, 0.6) is 0 Å². The molecule has 1 fully saturated rings. The second-order valence-electron chi connectivity index (χ2n) is 3.00. The molecule has 0 saturated carbocycles. The van der Waals surface area contributed by atoms with E-state index in [0.717, 1.165) is 32.5 Å². The van der Waals surface area contributed by atoms with E-state index in [1.54, 1.807) is 0 Å². The molecular weight excluding hydrogens is 176 g/mol. The summed E-state index contributed by atoms with van der Waals surface area (Å²) < 4.78 is 0. The lowest BCUT2D eigenvalue weighted by Gasteiger charge is -2.25. The molecule has 12 heavy (non-hydrogen) atoms. The second kappa shape index (κ2) is 6.26. The number of halogens is 1. The first-order valence-electron chi connectivity index (χ1n) is 4.33. The highest BCUT2D eigenvalue weighted by Gasteiger charge is 2.23. The molecule has 0 bridgehead atoms. The highest BCUT2D eigenvalue weighted by atomic mass is 35.5. The molecule has 2 N–H and O–H groups in total. The molecule has 1 aliphatic heterocycles. The van der Waals surface area contributed by atoms with Crippen LogP contribution >= 0.6 is 12.4 Å². The van der Waals surface area contributed by atoms with E-state index in [1.807, 2.05) is 0 Å². The molecule has 0 atom stereocenters. The molecule has 0 aliphatic carbocycles. The first-order chi connectivity index (χ1) is 5.34. The summed E-state index contributed by atoms with van der Waals surface area (Å²) >= 11 is 0. The molecule has 1 heterocycles. The topological polar surface area (TPSA) is 41.1 Å². The SMILES string of the molecule is CCCCNC(=O)C1CNC1.Cl. The van der Waals surface area contributed by atoms with Crippen LogP contribution in [0.2, 0.25) is 0 Å². The number of carbonyl (C=O) groups excluding carboxylic acids is 1. The minimum atomic E-state index is 0. The fourth-order valence-electron chi connectivity index (χ4n) is 1.01. The summed E-state index contributed by atoms with van der Waals surface area (Å²) in [5, 5.41) is 5.98. The van der Waals surface area contributed by atoms with Gasteiger partial charge < -0.3 is 10.6 Å². The van der Waals surface area contributed by atoms with Crippen LogP contribution in [-0.4, -0.2) is 25.5 Å². The van der Waals surface area contributed by atoms with E-state index < -0.39 is 0 Å². The molecule has 1 saturated heterocycles. The Kier molecular flexibility index (Phi) is 6.11. The van der Waals surface area contributed by atoms with Gasteiger partial charge in [0, 0.05) is 19.6 Å². The number of hydrogen-bond acceptors (Lipinski definition) is 2. The van der Waals surface area contributed by atoms with Crippen molar-refractivity contribution in [2.75, 3.05) is 19.6 Å². The highest BCUT2D eigenvalue weighted by Crippen LogP contribution is 2.01. The van der Waals surface area contributed by atoms with Crippen LogP contribution in [0, 0.1) is 5.92 Å². The summed E-state index contributed by atoms with van der Waals surface area (Å²) in [4.78, 5) is 11.1. The molecular formula is C8H17ClN2O. The van der Waals surface area contributed by atoms with Crippen molar-refractivity contribution >= 4 is 18.3 Å². The number of hydrogen-bond donors (Lipinski definition) is 2. The van der Waals surface area contributed by atoms with E-state index in [1.165, 1.54) is 0 Å². The minimum absolute atomic E-state index is 0. The van der Waals surface area contributed by atoms with E-state index >= 15 is 0 Å². The summed E-state index contributed by atoms with van der Waals surface area (Å²) in [7, 11) is 0. The van der Waals surface area contributed by atoms with Crippen LogP contribution in [0.15, 0.2) is 0 Å². The predicted octanol–water partition coefficient (Wildman–Crippen LogP) is 0.544. The van der Waals surface area contributed by atoms with Crippen molar-refractivity contribution in [2.24, 2.45) is 5.92 Å². The lowest BCUT2D eigenvalue weighted by atomic mass is 10.0. The average Bonchev–Trinajstić information content (AvgIpc) is 1.84. The van der Waals surface area contributed by atoms with Gasteiger partial charge in [0.15, 0.2) is 0 Å². The number of rotatable bonds is 4. The standard InChI is InChI=1S/C8H16N2O.ClH/c1-2-3-4-10-8(11)7-5-9-6-7;/h7,9H,2-6H2,1H3,(H,10,11);1H. The molecule has 4 heteroatoms. The van der Waals surface area contributed by atoms with E-state index in [0.29, 0.717) is 0 Å². The summed E-state index contributed by atoms with van der Waals surface area (Å²) in [6.07, 6.45) is 2.23. The zero-order chi connectivity index (χ0) is 8.10. The van der Waals surface area contributed by atoms with Crippen LogP contribution in [0.4, 0.5) is 0 Å². The monoisotopic (exact) mass is 192 g/mol. The molecule has 0 radical (unpaired) electrons. The maximum absolute atomic E-state index is 11.1. The third-order valence-electron chi connectivity index (χ3n) is 1.98. The maximum atomic E-state index is 11.1. The number of nitrogens with one attached hydrogen (secondary N) is 2. The van der Waals surface area contributed by atoms with Gasteiger partial charge in [-0.15, -0.1) is 12.4 Å². The Labute approximate surface area is 79.7 Å². The molecule has 0 spiro atoms. The summed E-state index contributed by atoms with van der Waals surface area (Å²) in [5.41, 5.74) is 0. The molecule has 72 valence electrons. The molecule has 0 aromatic rings. The third-order valence-corrected chi connectivity index (χ3v) is 1.98. The van der Waals surface area contributed by atoms with Crippen molar-refractivity contribution in [1.82, 2.24) is 10.6 Å². The fraction of sp³-hybridized carbons (Fsp3) is 0.875. The van der Waals surface area contributed by atoms with Gasteiger partial charge in [-0.05, 0) is 6.42 Å². The Bertz CT molecular complexity index is 137.